The number of fused-ring (bicyclic) bond motifs is 1. The number of rotatable bonds is 1. The van der Waals surface area contributed by atoms with Crippen LogP contribution in [0.15, 0.2) is 18.3 Å². The molecule has 1 aromatic rings. The highest BCUT2D eigenvalue weighted by atomic mass is 19.1. The summed E-state index contributed by atoms with van der Waals surface area (Å²) >= 11 is 0. The molecule has 3 nitrogen and oxygen atoms in total. The number of nitrogens with zero attached hydrogens (tertiary/aromatic N) is 3. The Morgan fingerprint density at radius 1 is 1.29 bits per heavy atom. The minimum absolute atomic E-state index is 0.259. The third-order valence-electron chi connectivity index (χ3n) is 4.07. The number of hydrogen-bond donors (Lipinski definition) is 0. The molecule has 3 rings (SSSR count). The fraction of sp³-hybridized carbons (Fsp3) is 0.615. The van der Waals surface area contributed by atoms with Crippen molar-refractivity contribution in [1.82, 2.24) is 9.88 Å². The second-order valence-electron chi connectivity index (χ2n) is 5.20. The Bertz CT molecular complexity index is 392. The number of piperidine rings is 1. The zero-order valence-corrected chi connectivity index (χ0v) is 10.1. The Morgan fingerprint density at radius 3 is 2.88 bits per heavy atom. The molecule has 4 heteroatoms. The third-order valence-corrected chi connectivity index (χ3v) is 4.07. The van der Waals surface area contributed by atoms with E-state index in [4.69, 9.17) is 0 Å². The lowest BCUT2D eigenvalue weighted by Crippen LogP contribution is -2.46. The van der Waals surface area contributed by atoms with E-state index in [-0.39, 0.29) is 5.82 Å². The van der Waals surface area contributed by atoms with E-state index in [1.54, 1.807) is 6.07 Å². The molecule has 0 N–H and O–H groups in total. The number of anilines is 1. The molecule has 0 bridgehead atoms. The van der Waals surface area contributed by atoms with Crippen molar-refractivity contribution in [2.45, 2.75) is 18.9 Å². The molecular formula is C13H18FN3. The van der Waals surface area contributed by atoms with Crippen molar-refractivity contribution < 1.29 is 4.39 Å². The zero-order chi connectivity index (χ0) is 11.8. The molecule has 0 aliphatic carbocycles. The van der Waals surface area contributed by atoms with Gasteiger partial charge in [-0.15, -0.1) is 0 Å². The third kappa shape index (κ3) is 2.02. The highest BCUT2D eigenvalue weighted by Gasteiger charge is 2.37. The maximum atomic E-state index is 12.9. The average molecular weight is 235 g/mol. The van der Waals surface area contributed by atoms with Crippen LogP contribution >= 0.6 is 0 Å². The molecule has 92 valence electrons. The van der Waals surface area contributed by atoms with Gasteiger partial charge in [0.1, 0.15) is 11.6 Å². The van der Waals surface area contributed by atoms with Gasteiger partial charge in [0, 0.05) is 19.1 Å². The average Bonchev–Trinajstić information content (AvgIpc) is 2.73. The van der Waals surface area contributed by atoms with Gasteiger partial charge < -0.3 is 9.80 Å². The minimum Gasteiger partial charge on any atom is -0.352 e. The maximum Gasteiger partial charge on any atom is 0.141 e. The summed E-state index contributed by atoms with van der Waals surface area (Å²) in [6.45, 7) is 3.36. The lowest BCUT2D eigenvalue weighted by molar-refractivity contribution is 0.208. The van der Waals surface area contributed by atoms with Gasteiger partial charge in [0.15, 0.2) is 0 Å². The Balaban J connectivity index is 1.81. The molecule has 0 amide bonds. The molecule has 0 radical (unpaired) electrons. The van der Waals surface area contributed by atoms with Crippen molar-refractivity contribution in [3.63, 3.8) is 0 Å². The Hall–Kier alpha value is -1.16. The summed E-state index contributed by atoms with van der Waals surface area (Å²) in [6, 6.07) is 3.86. The quantitative estimate of drug-likeness (QED) is 0.739. The summed E-state index contributed by atoms with van der Waals surface area (Å²) in [7, 11) is 2.17. The van der Waals surface area contributed by atoms with Gasteiger partial charge >= 0.3 is 0 Å². The van der Waals surface area contributed by atoms with Gasteiger partial charge in [0.05, 0.1) is 6.20 Å². The second kappa shape index (κ2) is 4.26. The fourth-order valence-electron chi connectivity index (χ4n) is 3.12. The molecule has 17 heavy (non-hydrogen) atoms. The van der Waals surface area contributed by atoms with Gasteiger partial charge in [-0.2, -0.15) is 0 Å². The van der Waals surface area contributed by atoms with Crippen LogP contribution in [-0.4, -0.2) is 42.6 Å². The first-order valence-corrected chi connectivity index (χ1v) is 6.31. The van der Waals surface area contributed by atoms with Gasteiger partial charge in [-0.1, -0.05) is 0 Å². The lowest BCUT2D eigenvalue weighted by Gasteiger charge is -2.37. The van der Waals surface area contributed by atoms with Crippen molar-refractivity contribution in [1.29, 1.82) is 0 Å². The topological polar surface area (TPSA) is 19.4 Å². The number of likely N-dealkylation sites (N-methyl/N-ethyl adjacent to an activating group) is 1. The van der Waals surface area contributed by atoms with Crippen molar-refractivity contribution in [2.24, 2.45) is 5.92 Å². The monoisotopic (exact) mass is 235 g/mol. The summed E-state index contributed by atoms with van der Waals surface area (Å²) in [6.07, 6.45) is 3.84. The van der Waals surface area contributed by atoms with Crippen molar-refractivity contribution in [2.75, 3.05) is 31.6 Å². The maximum absolute atomic E-state index is 12.9. The van der Waals surface area contributed by atoms with E-state index in [1.807, 2.05) is 0 Å². The first-order chi connectivity index (χ1) is 8.24. The predicted molar refractivity (Wildman–Crippen MR) is 65.6 cm³/mol. The first-order valence-electron chi connectivity index (χ1n) is 6.31. The van der Waals surface area contributed by atoms with E-state index in [0.29, 0.717) is 6.04 Å². The lowest BCUT2D eigenvalue weighted by atomic mass is 9.92. The van der Waals surface area contributed by atoms with Gasteiger partial charge in [0.25, 0.3) is 0 Å². The number of pyridine rings is 1. The summed E-state index contributed by atoms with van der Waals surface area (Å²) in [5.74, 6) is 1.46. The van der Waals surface area contributed by atoms with Gasteiger partial charge in [0.2, 0.25) is 0 Å². The van der Waals surface area contributed by atoms with Crippen molar-refractivity contribution in [3.05, 3.63) is 24.1 Å². The summed E-state index contributed by atoms with van der Waals surface area (Å²) in [5, 5.41) is 0. The smallest absolute Gasteiger partial charge is 0.141 e. The molecule has 3 heterocycles. The molecule has 1 aromatic heterocycles. The largest absolute Gasteiger partial charge is 0.352 e. The Kier molecular flexibility index (Phi) is 2.74. The van der Waals surface area contributed by atoms with Crippen LogP contribution in [0.3, 0.4) is 0 Å². The molecular weight excluding hydrogens is 217 g/mol. The number of halogens is 1. The van der Waals surface area contributed by atoms with E-state index < -0.39 is 0 Å². The van der Waals surface area contributed by atoms with E-state index in [2.05, 4.69) is 21.8 Å². The fourth-order valence-corrected chi connectivity index (χ4v) is 3.12. The van der Waals surface area contributed by atoms with Gasteiger partial charge in [-0.25, -0.2) is 9.37 Å². The SMILES string of the molecule is CN1CC[C@@H]2CCN(c3ccc(F)cn3)[C@H]2C1. The van der Waals surface area contributed by atoms with Crippen LogP contribution in [0.25, 0.3) is 0 Å². The second-order valence-corrected chi connectivity index (χ2v) is 5.20. The van der Waals surface area contributed by atoms with Crippen LogP contribution in [0.1, 0.15) is 12.8 Å². The predicted octanol–water partition coefficient (Wildman–Crippen LogP) is 1.75. The molecule has 0 spiro atoms. The Labute approximate surface area is 101 Å². The summed E-state index contributed by atoms with van der Waals surface area (Å²) < 4.78 is 12.9. The molecule has 2 fully saturated rings. The summed E-state index contributed by atoms with van der Waals surface area (Å²) in [5.41, 5.74) is 0. The number of hydrogen-bond acceptors (Lipinski definition) is 3. The minimum atomic E-state index is -0.259. The number of likely N-dealkylation sites (tertiary alicyclic amines) is 1. The van der Waals surface area contributed by atoms with Crippen LogP contribution in [0, 0.1) is 11.7 Å². The molecule has 0 aromatic carbocycles. The van der Waals surface area contributed by atoms with Crippen LogP contribution in [0.4, 0.5) is 10.2 Å². The van der Waals surface area contributed by atoms with Crippen LogP contribution in [0.2, 0.25) is 0 Å². The van der Waals surface area contributed by atoms with Crippen LogP contribution < -0.4 is 4.90 Å². The first kappa shape index (κ1) is 11.0. The highest BCUT2D eigenvalue weighted by molar-refractivity contribution is 5.41. The molecule has 2 aliphatic heterocycles. The van der Waals surface area contributed by atoms with Crippen LogP contribution in [-0.2, 0) is 0 Å². The van der Waals surface area contributed by atoms with E-state index in [0.717, 1.165) is 24.8 Å². The molecule has 2 saturated heterocycles. The molecule has 2 aliphatic rings. The van der Waals surface area contributed by atoms with E-state index in [9.17, 15) is 4.39 Å². The molecule has 0 saturated carbocycles. The Morgan fingerprint density at radius 2 is 2.12 bits per heavy atom. The molecule has 2 atom stereocenters. The van der Waals surface area contributed by atoms with Crippen molar-refractivity contribution in [3.8, 4) is 0 Å². The zero-order valence-electron chi connectivity index (χ0n) is 10.1. The van der Waals surface area contributed by atoms with Gasteiger partial charge in [-0.05, 0) is 44.5 Å². The standard InChI is InChI=1S/C13H18FN3/c1-16-6-4-10-5-7-17(12(10)9-16)13-3-2-11(14)8-15-13/h2-3,8,10,12H,4-7,9H2,1H3/t10-,12+/m1/s1. The van der Waals surface area contributed by atoms with Gasteiger partial charge in [-0.3, -0.25) is 0 Å². The van der Waals surface area contributed by atoms with Crippen molar-refractivity contribution >= 4 is 5.82 Å². The van der Waals surface area contributed by atoms with Crippen LogP contribution in [0.5, 0.6) is 0 Å². The van der Waals surface area contributed by atoms with E-state index in [1.165, 1.54) is 31.6 Å². The highest BCUT2D eigenvalue weighted by Crippen LogP contribution is 2.33. The number of aromatic nitrogens is 1. The molecule has 0 unspecified atom stereocenters. The summed E-state index contributed by atoms with van der Waals surface area (Å²) in [4.78, 5) is 8.93. The normalized spacial score (nSPS) is 29.4. The van der Waals surface area contributed by atoms with E-state index >= 15 is 0 Å².